The fourth-order valence-electron chi connectivity index (χ4n) is 2.37. The third-order valence-corrected chi connectivity index (χ3v) is 3.68. The van der Waals surface area contributed by atoms with Gasteiger partial charge >= 0.3 is 5.97 Å². The molecular formula is C20H30O3. The minimum Gasteiger partial charge on any atom is -0.460 e. The maximum Gasteiger partial charge on any atom is 0.306 e. The van der Waals surface area contributed by atoms with E-state index in [2.05, 4.69) is 43.4 Å². The number of hydrogen-bond acceptors (Lipinski definition) is 3. The van der Waals surface area contributed by atoms with Crippen LogP contribution in [0, 0.1) is 0 Å². The summed E-state index contributed by atoms with van der Waals surface area (Å²) in [5.41, 5.74) is 0. The zero-order valence-electron chi connectivity index (χ0n) is 14.2. The van der Waals surface area contributed by atoms with Gasteiger partial charge in [-0.25, -0.2) is 0 Å². The number of cyclic esters (lactones) is 1. The van der Waals surface area contributed by atoms with E-state index in [0.29, 0.717) is 12.8 Å². The molecular weight excluding hydrogens is 288 g/mol. The first-order valence-electron chi connectivity index (χ1n) is 8.71. The van der Waals surface area contributed by atoms with Crippen molar-refractivity contribution in [2.75, 3.05) is 0 Å². The van der Waals surface area contributed by atoms with Crippen molar-refractivity contribution in [2.24, 2.45) is 0 Å². The predicted octanol–water partition coefficient (Wildman–Crippen LogP) is 4.64. The molecule has 3 heteroatoms. The molecule has 1 rings (SSSR count). The number of hydrogen-bond donors (Lipinski definition) is 1. The Morgan fingerprint density at radius 3 is 2.17 bits per heavy atom. The van der Waals surface area contributed by atoms with E-state index in [1.165, 1.54) is 0 Å². The van der Waals surface area contributed by atoms with Crippen molar-refractivity contribution in [2.45, 2.75) is 70.5 Å². The van der Waals surface area contributed by atoms with E-state index < -0.39 is 6.10 Å². The summed E-state index contributed by atoms with van der Waals surface area (Å²) in [6, 6.07) is 0. The molecule has 128 valence electrons. The number of allylic oxidation sites excluding steroid dienone is 7. The van der Waals surface area contributed by atoms with Gasteiger partial charge in [0.15, 0.2) is 0 Å². The van der Waals surface area contributed by atoms with Crippen LogP contribution in [0.25, 0.3) is 0 Å². The van der Waals surface area contributed by atoms with Crippen LogP contribution in [0.4, 0.5) is 0 Å². The van der Waals surface area contributed by atoms with Crippen molar-refractivity contribution in [3.8, 4) is 0 Å². The van der Waals surface area contributed by atoms with E-state index in [1.54, 1.807) is 0 Å². The molecule has 0 amide bonds. The Hall–Kier alpha value is -1.61. The molecule has 0 unspecified atom stereocenters. The summed E-state index contributed by atoms with van der Waals surface area (Å²) in [6.07, 6.45) is 22.6. The highest BCUT2D eigenvalue weighted by atomic mass is 16.6. The molecule has 1 aliphatic rings. The average Bonchev–Trinajstić information content (AvgIpc) is 2.55. The van der Waals surface area contributed by atoms with Crippen LogP contribution >= 0.6 is 0 Å². The van der Waals surface area contributed by atoms with Crippen molar-refractivity contribution in [3.63, 3.8) is 0 Å². The molecule has 0 aliphatic carbocycles. The van der Waals surface area contributed by atoms with Gasteiger partial charge in [0.25, 0.3) is 0 Å². The van der Waals surface area contributed by atoms with E-state index in [4.69, 9.17) is 4.74 Å². The van der Waals surface area contributed by atoms with E-state index >= 15 is 0 Å². The van der Waals surface area contributed by atoms with Crippen LogP contribution in [0.5, 0.6) is 0 Å². The molecule has 0 aromatic carbocycles. The molecule has 1 N–H and O–H groups in total. The Kier molecular flexibility index (Phi) is 10.9. The summed E-state index contributed by atoms with van der Waals surface area (Å²) >= 11 is 0. The molecule has 0 bridgehead atoms. The van der Waals surface area contributed by atoms with Gasteiger partial charge in [0.1, 0.15) is 6.10 Å². The van der Waals surface area contributed by atoms with Gasteiger partial charge in [-0.05, 0) is 44.9 Å². The fourth-order valence-corrected chi connectivity index (χ4v) is 2.37. The monoisotopic (exact) mass is 318 g/mol. The summed E-state index contributed by atoms with van der Waals surface area (Å²) in [6.45, 7) is 2.14. The van der Waals surface area contributed by atoms with Gasteiger partial charge in [0.2, 0.25) is 0 Å². The molecule has 1 fully saturated rings. The number of rotatable bonds is 10. The third-order valence-electron chi connectivity index (χ3n) is 3.68. The molecule has 23 heavy (non-hydrogen) atoms. The van der Waals surface area contributed by atoms with E-state index in [-0.39, 0.29) is 12.1 Å². The predicted molar refractivity (Wildman–Crippen MR) is 95.1 cm³/mol. The number of ether oxygens (including phenoxy) is 1. The summed E-state index contributed by atoms with van der Waals surface area (Å²) < 4.78 is 5.16. The van der Waals surface area contributed by atoms with Crippen LogP contribution < -0.4 is 0 Å². The summed E-state index contributed by atoms with van der Waals surface area (Å²) in [5, 5.41) is 9.99. The highest BCUT2D eigenvalue weighted by molar-refractivity contribution is 5.70. The molecule has 0 aromatic heterocycles. The highest BCUT2D eigenvalue weighted by Crippen LogP contribution is 2.18. The highest BCUT2D eigenvalue weighted by Gasteiger charge is 2.26. The topological polar surface area (TPSA) is 46.5 Å². The van der Waals surface area contributed by atoms with Crippen LogP contribution in [0.15, 0.2) is 48.6 Å². The maximum absolute atomic E-state index is 11.2. The molecule has 2 atom stereocenters. The number of aliphatic hydroxyl groups excluding tert-OH is 1. The number of esters is 1. The van der Waals surface area contributed by atoms with Crippen molar-refractivity contribution in [1.29, 1.82) is 0 Å². The average molecular weight is 318 g/mol. The quantitative estimate of drug-likeness (QED) is 0.471. The van der Waals surface area contributed by atoms with E-state index in [9.17, 15) is 9.90 Å². The molecule has 1 heterocycles. The standard InChI is InChI=1S/C20H30O3/c1-2-3-4-5-6-7-8-9-10-11-12-13-15-18(21)19-16-14-17-20(22)23-19/h3-4,6-7,9-10,12-13,18-19,21H,2,5,8,11,14-17H2,1H3/b4-3-,7-6-,10-9-,13-12-/t18-,19-/m1/s1. The minimum atomic E-state index is -0.585. The second-order valence-corrected chi connectivity index (χ2v) is 5.72. The summed E-state index contributed by atoms with van der Waals surface area (Å²) in [7, 11) is 0. The molecule has 0 spiro atoms. The Morgan fingerprint density at radius 1 is 1.04 bits per heavy atom. The van der Waals surface area contributed by atoms with Gasteiger partial charge in [-0.2, -0.15) is 0 Å². The number of aliphatic hydroxyl groups is 1. The minimum absolute atomic E-state index is 0.189. The van der Waals surface area contributed by atoms with Crippen LogP contribution in [0.3, 0.4) is 0 Å². The Balaban J connectivity index is 2.08. The molecule has 1 saturated heterocycles. The normalized spacial score (nSPS) is 21.0. The maximum atomic E-state index is 11.2. The van der Waals surface area contributed by atoms with Gasteiger partial charge in [-0.3, -0.25) is 4.79 Å². The van der Waals surface area contributed by atoms with Crippen LogP contribution in [0.1, 0.15) is 58.3 Å². The molecule has 0 aromatic rings. The lowest BCUT2D eigenvalue weighted by Crippen LogP contribution is -2.34. The van der Waals surface area contributed by atoms with Gasteiger partial charge in [-0.15, -0.1) is 0 Å². The smallest absolute Gasteiger partial charge is 0.306 e. The van der Waals surface area contributed by atoms with Gasteiger partial charge in [-0.1, -0.05) is 55.5 Å². The van der Waals surface area contributed by atoms with Crippen LogP contribution in [0.2, 0.25) is 0 Å². The van der Waals surface area contributed by atoms with Crippen LogP contribution in [-0.4, -0.2) is 23.3 Å². The number of carbonyl (C=O) groups is 1. The number of carbonyl (C=O) groups excluding carboxylic acids is 1. The van der Waals surface area contributed by atoms with E-state index in [0.717, 1.165) is 38.5 Å². The molecule has 0 saturated carbocycles. The van der Waals surface area contributed by atoms with Gasteiger partial charge < -0.3 is 9.84 Å². The van der Waals surface area contributed by atoms with Gasteiger partial charge in [0.05, 0.1) is 6.10 Å². The largest absolute Gasteiger partial charge is 0.460 e. The van der Waals surface area contributed by atoms with Crippen molar-refractivity contribution >= 4 is 5.97 Å². The second-order valence-electron chi connectivity index (χ2n) is 5.72. The van der Waals surface area contributed by atoms with E-state index in [1.807, 2.05) is 12.2 Å². The van der Waals surface area contributed by atoms with Crippen molar-refractivity contribution < 1.29 is 14.6 Å². The first-order valence-corrected chi connectivity index (χ1v) is 8.71. The Bertz CT molecular complexity index is 432. The lowest BCUT2D eigenvalue weighted by molar-refractivity contribution is -0.160. The first kappa shape index (κ1) is 19.4. The third kappa shape index (κ3) is 9.90. The summed E-state index contributed by atoms with van der Waals surface area (Å²) in [5.74, 6) is -0.189. The fraction of sp³-hybridized carbons (Fsp3) is 0.550. The molecule has 0 radical (unpaired) electrons. The molecule has 3 nitrogen and oxygen atoms in total. The molecule has 1 aliphatic heterocycles. The van der Waals surface area contributed by atoms with Crippen LogP contribution in [-0.2, 0) is 9.53 Å². The zero-order valence-corrected chi connectivity index (χ0v) is 14.2. The summed E-state index contributed by atoms with van der Waals surface area (Å²) in [4.78, 5) is 11.2. The van der Waals surface area contributed by atoms with Crippen molar-refractivity contribution in [3.05, 3.63) is 48.6 Å². The van der Waals surface area contributed by atoms with Crippen molar-refractivity contribution in [1.82, 2.24) is 0 Å². The second kappa shape index (κ2) is 12.9. The Labute approximate surface area is 140 Å². The lowest BCUT2D eigenvalue weighted by atomic mass is 10.0. The Morgan fingerprint density at radius 2 is 1.61 bits per heavy atom. The zero-order chi connectivity index (χ0) is 16.8. The first-order chi connectivity index (χ1) is 11.2. The van der Waals surface area contributed by atoms with Gasteiger partial charge in [0, 0.05) is 6.42 Å². The SMILES string of the molecule is CC/C=C\C/C=C\C/C=C\C/C=C\C[C@@H](O)[C@H]1CCCC(=O)O1. The lowest BCUT2D eigenvalue weighted by Gasteiger charge is -2.25.